The molecule has 0 rings (SSSR count). The first-order valence-corrected chi connectivity index (χ1v) is 28.7. The van der Waals surface area contributed by atoms with Gasteiger partial charge in [0.05, 0.1) is 6.61 Å². The summed E-state index contributed by atoms with van der Waals surface area (Å²) < 4.78 is 26.6. The van der Waals surface area contributed by atoms with Crippen LogP contribution in [0.3, 0.4) is 0 Å². The van der Waals surface area contributed by atoms with E-state index in [0.717, 1.165) is 44.9 Å². The first-order chi connectivity index (χ1) is 30.8. The third-order valence-corrected chi connectivity index (χ3v) is 12.7. The van der Waals surface area contributed by atoms with Crippen molar-refractivity contribution in [2.45, 2.75) is 296 Å². The molecule has 0 bridgehead atoms. The standard InChI is InChI=1S/C54H103O8P/c1-3-5-7-9-11-13-15-17-19-21-23-25-27-29-31-33-35-37-39-41-43-45-47-49-54(56)62-52(51-61-63(57,58)59)50-60-53(55)48-46-44-42-40-38-36-34-32-30-28-26-24-22-20-18-16-14-12-10-8-6-4-2/h15,17,21,23,52H,3-14,16,18-20,22,24-51H2,1-2H3,(H2,57,58,59)/b17-15-,23-21-. The summed E-state index contributed by atoms with van der Waals surface area (Å²) >= 11 is 0. The van der Waals surface area contributed by atoms with E-state index in [1.165, 1.54) is 212 Å². The number of phosphoric ester groups is 1. The van der Waals surface area contributed by atoms with Gasteiger partial charge in [-0.3, -0.25) is 14.1 Å². The molecule has 63 heavy (non-hydrogen) atoms. The topological polar surface area (TPSA) is 119 Å². The minimum Gasteiger partial charge on any atom is -0.462 e. The monoisotopic (exact) mass is 911 g/mol. The van der Waals surface area contributed by atoms with E-state index in [2.05, 4.69) is 42.7 Å². The number of rotatable bonds is 51. The highest BCUT2D eigenvalue weighted by Crippen LogP contribution is 2.36. The Balaban J connectivity index is 3.76. The fourth-order valence-electron chi connectivity index (χ4n) is 8.17. The van der Waals surface area contributed by atoms with Gasteiger partial charge in [-0.15, -0.1) is 0 Å². The molecular formula is C54H103O8P. The molecule has 0 aromatic rings. The number of ether oxygens (including phenoxy) is 2. The van der Waals surface area contributed by atoms with Crippen LogP contribution in [0.5, 0.6) is 0 Å². The lowest BCUT2D eigenvalue weighted by Gasteiger charge is -2.18. The van der Waals surface area contributed by atoms with Gasteiger partial charge in [-0.1, -0.05) is 256 Å². The van der Waals surface area contributed by atoms with E-state index < -0.39 is 32.5 Å². The van der Waals surface area contributed by atoms with E-state index >= 15 is 0 Å². The predicted octanol–water partition coefficient (Wildman–Crippen LogP) is 17.5. The van der Waals surface area contributed by atoms with Gasteiger partial charge in [0.25, 0.3) is 0 Å². The fraction of sp³-hybridized carbons (Fsp3) is 0.889. The number of esters is 2. The summed E-state index contributed by atoms with van der Waals surface area (Å²) in [5.74, 6) is -0.869. The Morgan fingerprint density at radius 2 is 0.714 bits per heavy atom. The predicted molar refractivity (Wildman–Crippen MR) is 267 cm³/mol. The molecular weight excluding hydrogens is 808 g/mol. The van der Waals surface area contributed by atoms with Gasteiger partial charge < -0.3 is 19.3 Å². The second kappa shape index (κ2) is 50.0. The number of phosphoric acid groups is 1. The van der Waals surface area contributed by atoms with Gasteiger partial charge in [-0.25, -0.2) is 4.57 Å². The molecule has 1 atom stereocenters. The maximum atomic E-state index is 12.5. The minimum absolute atomic E-state index is 0.213. The van der Waals surface area contributed by atoms with E-state index in [-0.39, 0.29) is 19.4 Å². The van der Waals surface area contributed by atoms with Gasteiger partial charge >= 0.3 is 19.8 Å². The lowest BCUT2D eigenvalue weighted by Crippen LogP contribution is -2.29. The second-order valence-electron chi connectivity index (χ2n) is 18.6. The normalized spacial score (nSPS) is 12.5. The number of allylic oxidation sites excluding steroid dienone is 4. The van der Waals surface area contributed by atoms with Crippen molar-refractivity contribution in [1.29, 1.82) is 0 Å². The summed E-state index contributed by atoms with van der Waals surface area (Å²) in [4.78, 5) is 43.2. The summed E-state index contributed by atoms with van der Waals surface area (Å²) in [6.45, 7) is 3.73. The second-order valence-corrected chi connectivity index (χ2v) is 19.8. The number of hydrogen-bond acceptors (Lipinski definition) is 6. The van der Waals surface area contributed by atoms with Gasteiger partial charge in [0.15, 0.2) is 6.10 Å². The van der Waals surface area contributed by atoms with E-state index in [9.17, 15) is 14.2 Å². The van der Waals surface area contributed by atoms with Crippen molar-refractivity contribution in [1.82, 2.24) is 0 Å². The molecule has 1 unspecified atom stereocenters. The van der Waals surface area contributed by atoms with E-state index in [1.54, 1.807) is 0 Å². The zero-order valence-electron chi connectivity index (χ0n) is 41.5. The highest BCUT2D eigenvalue weighted by Gasteiger charge is 2.23. The molecule has 0 spiro atoms. The van der Waals surface area contributed by atoms with Crippen LogP contribution in [-0.2, 0) is 28.2 Å². The van der Waals surface area contributed by atoms with Crippen LogP contribution >= 0.6 is 7.82 Å². The maximum Gasteiger partial charge on any atom is 0.469 e. The molecule has 0 saturated carbocycles. The average molecular weight is 911 g/mol. The number of unbranched alkanes of at least 4 members (excludes halogenated alkanes) is 37. The highest BCUT2D eigenvalue weighted by molar-refractivity contribution is 7.46. The largest absolute Gasteiger partial charge is 0.469 e. The van der Waals surface area contributed by atoms with Crippen molar-refractivity contribution in [2.75, 3.05) is 13.2 Å². The first kappa shape index (κ1) is 61.5. The first-order valence-electron chi connectivity index (χ1n) is 27.1. The third-order valence-electron chi connectivity index (χ3n) is 12.2. The van der Waals surface area contributed by atoms with E-state index in [0.29, 0.717) is 6.42 Å². The minimum atomic E-state index is -4.76. The molecule has 0 aliphatic rings. The molecule has 2 N–H and O–H groups in total. The molecule has 0 fully saturated rings. The Hall–Kier alpha value is -1.47. The molecule has 0 aliphatic carbocycles. The lowest BCUT2D eigenvalue weighted by molar-refractivity contribution is -0.161. The number of carbonyl (C=O) groups is 2. The van der Waals surface area contributed by atoms with E-state index in [1.807, 2.05) is 0 Å². The SMILES string of the molecule is CCCCCCC/C=C\C/C=C\CCCCCCCCCCCCCC(=O)OC(COC(=O)CCCCCCCCCCCCCCCCCCCCCCCC)COP(=O)(O)O. The molecule has 0 radical (unpaired) electrons. The van der Waals surface area contributed by atoms with Crippen LogP contribution in [0, 0.1) is 0 Å². The zero-order chi connectivity index (χ0) is 46.0. The highest BCUT2D eigenvalue weighted by atomic mass is 31.2. The molecule has 0 aliphatic heterocycles. The van der Waals surface area contributed by atoms with Crippen LogP contribution in [-0.4, -0.2) is 41.0 Å². The summed E-state index contributed by atoms with van der Waals surface area (Å²) in [6.07, 6.45) is 60.6. The molecule has 0 aromatic heterocycles. The van der Waals surface area contributed by atoms with Crippen LogP contribution < -0.4 is 0 Å². The molecule has 0 heterocycles. The summed E-state index contributed by atoms with van der Waals surface area (Å²) in [5, 5.41) is 0. The van der Waals surface area contributed by atoms with Crippen molar-refractivity contribution in [3.63, 3.8) is 0 Å². The molecule has 0 saturated heterocycles. The average Bonchev–Trinajstić information content (AvgIpc) is 3.26. The van der Waals surface area contributed by atoms with E-state index in [4.69, 9.17) is 19.3 Å². The van der Waals surface area contributed by atoms with Crippen LogP contribution in [0.1, 0.15) is 290 Å². The van der Waals surface area contributed by atoms with Crippen molar-refractivity contribution < 1.29 is 37.9 Å². The van der Waals surface area contributed by atoms with Gasteiger partial charge in [-0.2, -0.15) is 0 Å². The van der Waals surface area contributed by atoms with Crippen LogP contribution in [0.15, 0.2) is 24.3 Å². The molecule has 8 nitrogen and oxygen atoms in total. The Bertz CT molecular complexity index is 1070. The van der Waals surface area contributed by atoms with Gasteiger partial charge in [0.1, 0.15) is 6.61 Å². The van der Waals surface area contributed by atoms with Crippen molar-refractivity contribution in [2.24, 2.45) is 0 Å². The smallest absolute Gasteiger partial charge is 0.462 e. The van der Waals surface area contributed by atoms with Crippen LogP contribution in [0.2, 0.25) is 0 Å². The van der Waals surface area contributed by atoms with Gasteiger partial charge in [-0.05, 0) is 44.9 Å². The van der Waals surface area contributed by atoms with Crippen molar-refractivity contribution in [3.05, 3.63) is 24.3 Å². The fourth-order valence-corrected chi connectivity index (χ4v) is 8.53. The van der Waals surface area contributed by atoms with Crippen LogP contribution in [0.4, 0.5) is 0 Å². The number of hydrogen-bond donors (Lipinski definition) is 2. The molecule has 0 aromatic carbocycles. The zero-order valence-corrected chi connectivity index (χ0v) is 42.4. The van der Waals surface area contributed by atoms with Crippen molar-refractivity contribution >= 4 is 19.8 Å². The molecule has 372 valence electrons. The van der Waals surface area contributed by atoms with Gasteiger partial charge in [0.2, 0.25) is 0 Å². The summed E-state index contributed by atoms with van der Waals surface area (Å²) in [7, 11) is -4.76. The van der Waals surface area contributed by atoms with Crippen LogP contribution in [0.25, 0.3) is 0 Å². The quantitative estimate of drug-likeness (QED) is 0.0268. The Morgan fingerprint density at radius 1 is 0.413 bits per heavy atom. The Kier molecular flexibility index (Phi) is 48.8. The Labute approximate surface area is 390 Å². The lowest BCUT2D eigenvalue weighted by atomic mass is 10.0. The van der Waals surface area contributed by atoms with Crippen molar-refractivity contribution in [3.8, 4) is 0 Å². The summed E-state index contributed by atoms with van der Waals surface area (Å²) in [5.41, 5.74) is 0. The molecule has 9 heteroatoms. The number of carbonyl (C=O) groups excluding carboxylic acids is 2. The third kappa shape index (κ3) is 53.0. The molecule has 0 amide bonds. The maximum absolute atomic E-state index is 12.5. The Morgan fingerprint density at radius 3 is 1.05 bits per heavy atom. The summed E-state index contributed by atoms with van der Waals surface area (Å²) in [6, 6.07) is 0. The van der Waals surface area contributed by atoms with Gasteiger partial charge in [0, 0.05) is 12.8 Å².